The van der Waals surface area contributed by atoms with Crippen LogP contribution in [0.25, 0.3) is 33.1 Å². The van der Waals surface area contributed by atoms with E-state index in [9.17, 15) is 23.5 Å². The maximum absolute atomic E-state index is 14.8. The lowest BCUT2D eigenvalue weighted by atomic mass is 9.96. The number of nitrogens with one attached hydrogen (secondary N) is 1. The van der Waals surface area contributed by atoms with E-state index in [0.717, 1.165) is 25.0 Å². The zero-order valence-electron chi connectivity index (χ0n) is 20.1. The number of anilines is 1. The van der Waals surface area contributed by atoms with Gasteiger partial charge < -0.3 is 25.1 Å². The summed E-state index contributed by atoms with van der Waals surface area (Å²) in [6.45, 7) is 3.34. The lowest BCUT2D eigenvalue weighted by Gasteiger charge is -2.32. The molecule has 1 atom stereocenters. The van der Waals surface area contributed by atoms with Gasteiger partial charge in [0.1, 0.15) is 17.7 Å². The summed E-state index contributed by atoms with van der Waals surface area (Å²) >= 11 is 0. The van der Waals surface area contributed by atoms with E-state index in [1.807, 2.05) is 0 Å². The Hall–Kier alpha value is -3.83. The molecule has 0 bridgehead atoms. The lowest BCUT2D eigenvalue weighted by Crippen LogP contribution is -2.54. The van der Waals surface area contributed by atoms with Crippen LogP contribution in [0.4, 0.5) is 14.5 Å². The number of carboxylic acid groups (broad SMARTS) is 1. The number of hydrogen-bond acceptors (Lipinski definition) is 7. The Morgan fingerprint density at radius 3 is 2.76 bits per heavy atom. The van der Waals surface area contributed by atoms with Crippen molar-refractivity contribution in [2.24, 2.45) is 0 Å². The Kier molecular flexibility index (Phi) is 5.50. The van der Waals surface area contributed by atoms with Crippen molar-refractivity contribution < 1.29 is 23.1 Å². The Balaban J connectivity index is 1.53. The lowest BCUT2D eigenvalue weighted by molar-refractivity contribution is -0.144. The van der Waals surface area contributed by atoms with Crippen molar-refractivity contribution in [2.45, 2.75) is 38.4 Å². The van der Waals surface area contributed by atoms with Gasteiger partial charge in [0, 0.05) is 42.7 Å². The predicted octanol–water partition coefficient (Wildman–Crippen LogP) is 3.17. The summed E-state index contributed by atoms with van der Waals surface area (Å²) < 4.78 is 36.8. The highest BCUT2D eigenvalue weighted by atomic mass is 19.1. The van der Waals surface area contributed by atoms with E-state index in [2.05, 4.69) is 10.3 Å². The molecule has 4 aromatic rings. The first-order valence-electron chi connectivity index (χ1n) is 12.1. The Morgan fingerprint density at radius 1 is 1.24 bits per heavy atom. The van der Waals surface area contributed by atoms with Crippen molar-refractivity contribution in [3.63, 3.8) is 0 Å². The fraction of sp³-hybridized carbons (Fsp3) is 0.346. The van der Waals surface area contributed by atoms with Crippen molar-refractivity contribution in [2.75, 3.05) is 25.4 Å². The van der Waals surface area contributed by atoms with Crippen LogP contribution in [0.1, 0.15) is 30.3 Å². The average molecular weight is 510 g/mol. The standard InChI is InChI=1S/C26H25F2N5O4/c1-12-14(16-8-18(28)19(29)9-17(16)27)4-5-15-23(12)33(13-2-3-13)25(34)22-24(15)37-21(31-22)11-32-7-6-30-10-20(32)26(35)36/h4-5,8-9,13,20,30H,2-3,6-7,10-11,29H2,1H3,(H,35,36). The van der Waals surface area contributed by atoms with Crippen molar-refractivity contribution in [3.05, 3.63) is 57.7 Å². The molecular weight excluding hydrogens is 484 g/mol. The van der Waals surface area contributed by atoms with Crippen LogP contribution in [0.3, 0.4) is 0 Å². The number of carboxylic acids is 1. The molecule has 3 heterocycles. The number of aryl methyl sites for hydroxylation is 1. The van der Waals surface area contributed by atoms with Gasteiger partial charge in [-0.05, 0) is 43.0 Å². The number of rotatable bonds is 5. The molecule has 1 aliphatic heterocycles. The molecule has 2 fully saturated rings. The number of nitrogens with two attached hydrogens (primary N) is 1. The molecule has 1 aliphatic carbocycles. The maximum atomic E-state index is 14.8. The summed E-state index contributed by atoms with van der Waals surface area (Å²) in [6.07, 6.45) is 1.64. The van der Waals surface area contributed by atoms with Gasteiger partial charge in [0.15, 0.2) is 11.1 Å². The van der Waals surface area contributed by atoms with Gasteiger partial charge in [-0.3, -0.25) is 14.5 Å². The second kappa shape index (κ2) is 8.63. The number of aromatic nitrogens is 2. The summed E-state index contributed by atoms with van der Waals surface area (Å²) in [5.74, 6) is -2.07. The van der Waals surface area contributed by atoms with E-state index in [-0.39, 0.29) is 40.8 Å². The molecule has 2 aromatic carbocycles. The quantitative estimate of drug-likeness (QED) is 0.350. The molecule has 1 saturated heterocycles. The molecule has 2 aromatic heterocycles. The van der Waals surface area contributed by atoms with E-state index < -0.39 is 23.6 Å². The van der Waals surface area contributed by atoms with Crippen LogP contribution in [0.15, 0.2) is 33.5 Å². The van der Waals surface area contributed by atoms with Gasteiger partial charge in [0.25, 0.3) is 5.56 Å². The molecule has 0 amide bonds. The first-order chi connectivity index (χ1) is 17.7. The molecule has 11 heteroatoms. The molecule has 6 rings (SSSR count). The number of pyridine rings is 1. The van der Waals surface area contributed by atoms with Crippen molar-refractivity contribution in [1.29, 1.82) is 0 Å². The highest BCUT2D eigenvalue weighted by molar-refractivity contribution is 6.04. The molecule has 0 radical (unpaired) electrons. The number of benzene rings is 2. The monoisotopic (exact) mass is 509 g/mol. The largest absolute Gasteiger partial charge is 0.480 e. The number of nitrogens with zero attached hydrogens (tertiary/aromatic N) is 3. The maximum Gasteiger partial charge on any atom is 0.322 e. The third-order valence-corrected chi connectivity index (χ3v) is 7.28. The summed E-state index contributed by atoms with van der Waals surface area (Å²) in [5, 5.41) is 13.3. The van der Waals surface area contributed by atoms with Crippen LogP contribution in [0, 0.1) is 18.6 Å². The van der Waals surface area contributed by atoms with E-state index >= 15 is 0 Å². The summed E-state index contributed by atoms with van der Waals surface area (Å²) in [5.41, 5.74) is 7.09. The molecule has 1 unspecified atom stereocenters. The first kappa shape index (κ1) is 23.6. The molecule has 192 valence electrons. The number of hydrogen-bond donors (Lipinski definition) is 3. The Labute approximate surface area is 209 Å². The topological polar surface area (TPSA) is 127 Å². The molecule has 0 spiro atoms. The van der Waals surface area contributed by atoms with Crippen molar-refractivity contribution in [1.82, 2.24) is 19.8 Å². The second-order valence-corrected chi connectivity index (χ2v) is 9.71. The third-order valence-electron chi connectivity index (χ3n) is 7.28. The van der Waals surface area contributed by atoms with Gasteiger partial charge in [-0.2, -0.15) is 0 Å². The number of halogens is 2. The SMILES string of the molecule is Cc1c(-c2cc(F)c(N)cc2F)ccc2c3oc(CN4CCNCC4C(=O)O)nc3c(=O)n(C3CC3)c12. The van der Waals surface area contributed by atoms with Crippen molar-refractivity contribution >= 4 is 33.7 Å². The molecule has 2 aliphatic rings. The Morgan fingerprint density at radius 2 is 2.03 bits per heavy atom. The van der Waals surface area contributed by atoms with Crippen LogP contribution < -0.4 is 16.6 Å². The first-order valence-corrected chi connectivity index (χ1v) is 12.1. The van der Waals surface area contributed by atoms with Gasteiger partial charge >= 0.3 is 5.97 Å². The third kappa shape index (κ3) is 3.85. The fourth-order valence-electron chi connectivity index (χ4n) is 5.26. The number of carbonyl (C=O) groups is 1. The molecule has 4 N–H and O–H groups in total. The Bertz CT molecular complexity index is 1640. The second-order valence-electron chi connectivity index (χ2n) is 9.71. The van der Waals surface area contributed by atoms with Gasteiger partial charge in [-0.25, -0.2) is 13.8 Å². The summed E-state index contributed by atoms with van der Waals surface area (Å²) in [7, 11) is 0. The summed E-state index contributed by atoms with van der Waals surface area (Å²) in [4.78, 5) is 31.6. The van der Waals surface area contributed by atoms with Gasteiger partial charge in [-0.15, -0.1) is 0 Å². The van der Waals surface area contributed by atoms with Gasteiger partial charge in [0.2, 0.25) is 5.89 Å². The van der Waals surface area contributed by atoms with Crippen LogP contribution in [0.5, 0.6) is 0 Å². The smallest absolute Gasteiger partial charge is 0.322 e. The normalized spacial score (nSPS) is 18.6. The fourth-order valence-corrected chi connectivity index (χ4v) is 5.26. The number of nitrogen functional groups attached to an aromatic ring is 1. The van der Waals surface area contributed by atoms with Crippen LogP contribution in [-0.2, 0) is 11.3 Å². The number of piperazine rings is 1. The van der Waals surface area contributed by atoms with Crippen LogP contribution in [0.2, 0.25) is 0 Å². The van der Waals surface area contributed by atoms with E-state index in [0.29, 0.717) is 47.2 Å². The minimum absolute atomic E-state index is 0.0222. The van der Waals surface area contributed by atoms with E-state index in [1.54, 1.807) is 28.5 Å². The van der Waals surface area contributed by atoms with Crippen LogP contribution >= 0.6 is 0 Å². The zero-order valence-corrected chi connectivity index (χ0v) is 20.1. The highest BCUT2D eigenvalue weighted by Crippen LogP contribution is 2.41. The molecular formula is C26H25F2N5O4. The average Bonchev–Trinajstić information content (AvgIpc) is 3.61. The zero-order chi connectivity index (χ0) is 26.0. The number of aliphatic carboxylic acids is 1. The van der Waals surface area contributed by atoms with E-state index in [4.69, 9.17) is 10.2 Å². The molecule has 1 saturated carbocycles. The minimum atomic E-state index is -0.945. The van der Waals surface area contributed by atoms with Crippen LogP contribution in [-0.4, -0.2) is 51.2 Å². The minimum Gasteiger partial charge on any atom is -0.480 e. The van der Waals surface area contributed by atoms with Crippen molar-refractivity contribution in [3.8, 4) is 11.1 Å². The number of oxazole rings is 1. The van der Waals surface area contributed by atoms with Gasteiger partial charge in [0.05, 0.1) is 17.7 Å². The number of fused-ring (bicyclic) bond motifs is 3. The predicted molar refractivity (Wildman–Crippen MR) is 133 cm³/mol. The molecule has 9 nitrogen and oxygen atoms in total. The van der Waals surface area contributed by atoms with E-state index in [1.165, 1.54) is 0 Å². The highest BCUT2D eigenvalue weighted by Gasteiger charge is 2.32. The summed E-state index contributed by atoms with van der Waals surface area (Å²) in [6, 6.07) is 4.66. The molecule has 37 heavy (non-hydrogen) atoms. The van der Waals surface area contributed by atoms with Gasteiger partial charge in [-0.1, -0.05) is 6.07 Å².